The number of piperidine rings is 1. The molecule has 1 aromatic rings. The summed E-state index contributed by atoms with van der Waals surface area (Å²) >= 11 is 5.99. The molecule has 1 unspecified atom stereocenters. The number of hydrogen-bond donors (Lipinski definition) is 1. The van der Waals surface area contributed by atoms with E-state index in [2.05, 4.69) is 21.9 Å². The van der Waals surface area contributed by atoms with Crippen LogP contribution >= 0.6 is 11.6 Å². The van der Waals surface area contributed by atoms with Gasteiger partial charge in [0.1, 0.15) is 11.4 Å². The monoisotopic (exact) mass is 489 g/mol. The van der Waals surface area contributed by atoms with Gasteiger partial charge in [0.25, 0.3) is 5.91 Å². The van der Waals surface area contributed by atoms with Gasteiger partial charge in [0.2, 0.25) is 0 Å². The second-order valence-electron chi connectivity index (χ2n) is 9.71. The van der Waals surface area contributed by atoms with Gasteiger partial charge in [-0.15, -0.1) is 0 Å². The molecule has 186 valence electrons. The average molecular weight is 490 g/mol. The topological polar surface area (TPSA) is 53.9 Å². The van der Waals surface area contributed by atoms with Crippen molar-refractivity contribution in [2.24, 2.45) is 10.9 Å². The van der Waals surface area contributed by atoms with Gasteiger partial charge in [0.15, 0.2) is 0 Å². The Morgan fingerprint density at radius 3 is 2.53 bits per heavy atom. The molecule has 2 saturated heterocycles. The molecule has 0 radical (unpaired) electrons. The van der Waals surface area contributed by atoms with Crippen LogP contribution in [0.25, 0.3) is 0 Å². The first-order valence-corrected chi connectivity index (χ1v) is 12.5. The van der Waals surface area contributed by atoms with Gasteiger partial charge >= 0.3 is 0 Å². The number of nitrogens with zero attached hydrogens (tertiary/aromatic N) is 2. The lowest BCUT2D eigenvalue weighted by Gasteiger charge is -2.46. The molecule has 0 bridgehead atoms. The summed E-state index contributed by atoms with van der Waals surface area (Å²) in [4.78, 5) is 19.6. The summed E-state index contributed by atoms with van der Waals surface area (Å²) in [5.74, 6) is 0.243. The number of allylic oxidation sites excluding steroid dienone is 1. The molecule has 1 N–H and O–H groups in total. The molecule has 2 fully saturated rings. The van der Waals surface area contributed by atoms with Crippen LogP contribution in [0.5, 0.6) is 0 Å². The van der Waals surface area contributed by atoms with Crippen LogP contribution in [-0.2, 0) is 9.53 Å². The Bertz CT molecular complexity index is 893. The maximum absolute atomic E-state index is 13.3. The number of halogens is 2. The first-order valence-electron chi connectivity index (χ1n) is 12.2. The van der Waals surface area contributed by atoms with Crippen LogP contribution in [0.4, 0.5) is 4.39 Å². The van der Waals surface area contributed by atoms with Gasteiger partial charge in [0.05, 0.1) is 6.61 Å². The zero-order valence-electron chi connectivity index (χ0n) is 20.5. The Labute approximate surface area is 208 Å². The van der Waals surface area contributed by atoms with Crippen LogP contribution < -0.4 is 5.32 Å². The van der Waals surface area contributed by atoms with Gasteiger partial charge < -0.3 is 10.1 Å². The van der Waals surface area contributed by atoms with Gasteiger partial charge in [-0.25, -0.2) is 4.39 Å². The van der Waals surface area contributed by atoms with Crippen molar-refractivity contribution in [3.8, 4) is 0 Å². The molecule has 2 heterocycles. The predicted molar refractivity (Wildman–Crippen MR) is 137 cm³/mol. The Balaban J connectivity index is 1.55. The molecule has 0 spiro atoms. The van der Waals surface area contributed by atoms with Crippen LogP contribution in [-0.4, -0.2) is 55.4 Å². The van der Waals surface area contributed by atoms with E-state index in [1.54, 1.807) is 31.3 Å². The van der Waals surface area contributed by atoms with E-state index in [0.717, 1.165) is 37.9 Å². The summed E-state index contributed by atoms with van der Waals surface area (Å²) < 4.78 is 19.6. The van der Waals surface area contributed by atoms with Crippen molar-refractivity contribution in [3.63, 3.8) is 0 Å². The van der Waals surface area contributed by atoms with E-state index in [0.29, 0.717) is 36.6 Å². The van der Waals surface area contributed by atoms with Crippen molar-refractivity contribution in [2.45, 2.75) is 64.0 Å². The summed E-state index contributed by atoms with van der Waals surface area (Å²) in [6, 6.07) is 7.23. The number of nitrogens with one attached hydrogen (secondary N) is 1. The van der Waals surface area contributed by atoms with Gasteiger partial charge in [-0.05, 0) is 93.6 Å². The maximum atomic E-state index is 13.3. The lowest BCUT2D eigenvalue weighted by Crippen LogP contribution is -2.58. The second kappa shape index (κ2) is 12.1. The molecule has 2 aliphatic rings. The van der Waals surface area contributed by atoms with E-state index >= 15 is 0 Å². The zero-order valence-corrected chi connectivity index (χ0v) is 21.3. The fourth-order valence-electron chi connectivity index (χ4n) is 5.14. The van der Waals surface area contributed by atoms with E-state index in [1.165, 1.54) is 5.56 Å². The third kappa shape index (κ3) is 6.55. The smallest absolute Gasteiger partial charge is 0.252 e. The van der Waals surface area contributed by atoms with Crippen molar-refractivity contribution < 1.29 is 13.9 Å². The van der Waals surface area contributed by atoms with Gasteiger partial charge in [-0.3, -0.25) is 14.7 Å². The second-order valence-corrected chi connectivity index (χ2v) is 10.3. The molecule has 0 aromatic heterocycles. The fourth-order valence-corrected chi connectivity index (χ4v) is 5.28. The van der Waals surface area contributed by atoms with E-state index in [4.69, 9.17) is 16.3 Å². The predicted octanol–water partition coefficient (Wildman–Crippen LogP) is 5.42. The molecule has 1 amide bonds. The van der Waals surface area contributed by atoms with Crippen molar-refractivity contribution in [2.75, 3.05) is 26.2 Å². The molecule has 0 saturated carbocycles. The highest BCUT2D eigenvalue weighted by atomic mass is 35.5. The molecule has 34 heavy (non-hydrogen) atoms. The number of aliphatic imine (C=N–C) groups is 1. The Morgan fingerprint density at radius 1 is 1.32 bits per heavy atom. The molecule has 1 aromatic carbocycles. The quantitative estimate of drug-likeness (QED) is 0.391. The van der Waals surface area contributed by atoms with Crippen LogP contribution in [0, 0.1) is 11.7 Å². The van der Waals surface area contributed by atoms with Crippen LogP contribution in [0.1, 0.15) is 57.9 Å². The highest BCUT2D eigenvalue weighted by Crippen LogP contribution is 2.36. The van der Waals surface area contributed by atoms with Crippen molar-refractivity contribution in [1.29, 1.82) is 0 Å². The molecular weight excluding hydrogens is 453 g/mol. The Morgan fingerprint density at radius 2 is 2.00 bits per heavy atom. The average Bonchev–Trinajstić information content (AvgIpc) is 2.82. The lowest BCUT2D eigenvalue weighted by atomic mass is 9.80. The molecule has 5 nitrogen and oxygen atoms in total. The minimum Gasteiger partial charge on any atom is -0.363 e. The number of ether oxygens (including phenoxy) is 1. The Kier molecular flexibility index (Phi) is 9.46. The fraction of sp³-hybridized carbons (Fsp3) is 0.556. The third-order valence-electron chi connectivity index (χ3n) is 7.18. The number of amides is 1. The summed E-state index contributed by atoms with van der Waals surface area (Å²) in [6.07, 6.45) is 7.08. The highest BCUT2D eigenvalue weighted by molar-refractivity contribution is 6.29. The van der Waals surface area contributed by atoms with Gasteiger partial charge in [-0.2, -0.15) is 0 Å². The summed E-state index contributed by atoms with van der Waals surface area (Å²) in [7, 11) is 0. The first-order chi connectivity index (χ1) is 16.2. The minimum atomic E-state index is -0.838. The molecule has 3 rings (SSSR count). The number of benzene rings is 1. The first kappa shape index (κ1) is 26.6. The van der Waals surface area contributed by atoms with Gasteiger partial charge in [0, 0.05) is 23.8 Å². The third-order valence-corrected chi connectivity index (χ3v) is 7.29. The van der Waals surface area contributed by atoms with E-state index in [9.17, 15) is 9.18 Å². The Hall–Kier alpha value is -2.02. The molecule has 7 heteroatoms. The van der Waals surface area contributed by atoms with Crippen molar-refractivity contribution in [1.82, 2.24) is 10.2 Å². The number of likely N-dealkylation sites (tertiary alicyclic amines) is 1. The molecular formula is C27H37ClFN3O2. The van der Waals surface area contributed by atoms with E-state index in [-0.39, 0.29) is 17.6 Å². The van der Waals surface area contributed by atoms with E-state index < -0.39 is 5.60 Å². The standard InChI is InChI=1S/C27H37ClFN3O2/c1-19(2)27(26(33)31-17-21(16-30-4)15-20(3)28)12-9-25(18-34-27)32-13-10-23(11-14-32)22-5-7-24(29)8-6-22/h5-8,15-16,19,23,25H,4,9-14,17-18H2,1-3H3,(H,31,33)/b20-15+,21-16+/t25?,27-/m0/s1. The van der Waals surface area contributed by atoms with Crippen LogP contribution in [0.2, 0.25) is 0 Å². The SMILES string of the molecule is C=N/C=C(\C=C(/C)Cl)CNC(=O)[C@@]1(C(C)C)CCC(N2CCC(c3ccc(F)cc3)CC2)CO1. The van der Waals surface area contributed by atoms with Crippen LogP contribution in [0.15, 0.2) is 52.1 Å². The number of carbonyl (C=O) groups is 1. The lowest BCUT2D eigenvalue weighted by molar-refractivity contribution is -0.170. The summed E-state index contributed by atoms with van der Waals surface area (Å²) in [6.45, 7) is 12.2. The number of hydrogen-bond acceptors (Lipinski definition) is 4. The summed E-state index contributed by atoms with van der Waals surface area (Å²) in [5, 5.41) is 3.64. The van der Waals surface area contributed by atoms with Crippen molar-refractivity contribution in [3.05, 3.63) is 58.5 Å². The van der Waals surface area contributed by atoms with Crippen molar-refractivity contribution >= 4 is 24.2 Å². The summed E-state index contributed by atoms with van der Waals surface area (Å²) in [5.41, 5.74) is 1.17. The zero-order chi connectivity index (χ0) is 24.7. The minimum absolute atomic E-state index is 0.0490. The highest BCUT2D eigenvalue weighted by Gasteiger charge is 2.46. The largest absolute Gasteiger partial charge is 0.363 e. The molecule has 0 aliphatic carbocycles. The molecule has 2 atom stereocenters. The van der Waals surface area contributed by atoms with Crippen LogP contribution in [0.3, 0.4) is 0 Å². The number of rotatable bonds is 8. The molecule has 2 aliphatic heterocycles. The number of carbonyl (C=O) groups excluding carboxylic acids is 1. The van der Waals surface area contributed by atoms with Gasteiger partial charge in [-0.1, -0.05) is 37.6 Å². The van der Waals surface area contributed by atoms with E-state index in [1.807, 2.05) is 26.0 Å². The normalized spacial score (nSPS) is 25.4. The maximum Gasteiger partial charge on any atom is 0.252 e.